The first kappa shape index (κ1) is 22.3. The van der Waals surface area contributed by atoms with E-state index in [2.05, 4.69) is 21.9 Å². The van der Waals surface area contributed by atoms with Gasteiger partial charge in [-0.15, -0.1) is 0 Å². The van der Waals surface area contributed by atoms with Crippen LogP contribution < -0.4 is 4.90 Å². The average Bonchev–Trinajstić information content (AvgIpc) is 2.86. The highest BCUT2D eigenvalue weighted by Gasteiger charge is 2.26. The van der Waals surface area contributed by atoms with Gasteiger partial charge in [0.1, 0.15) is 0 Å². The van der Waals surface area contributed by atoms with Gasteiger partial charge in [-0.25, -0.2) is 0 Å². The molecular formula is C25H32N4O3. The van der Waals surface area contributed by atoms with Crippen LogP contribution in [0.2, 0.25) is 0 Å². The third kappa shape index (κ3) is 6.08. The molecule has 2 aromatic carbocycles. The second-order valence-electron chi connectivity index (χ2n) is 8.33. The van der Waals surface area contributed by atoms with Crippen LogP contribution in [0, 0.1) is 0 Å². The predicted molar refractivity (Wildman–Crippen MR) is 124 cm³/mol. The van der Waals surface area contributed by atoms with E-state index in [0.29, 0.717) is 59.0 Å². The molecule has 0 atom stereocenters. The highest BCUT2D eigenvalue weighted by Crippen LogP contribution is 2.17. The number of carbonyl (C=O) groups is 2. The van der Waals surface area contributed by atoms with Crippen molar-refractivity contribution < 1.29 is 14.3 Å². The third-order valence-electron chi connectivity index (χ3n) is 6.11. The number of morpholine rings is 1. The summed E-state index contributed by atoms with van der Waals surface area (Å²) in [6, 6.07) is 20.3. The summed E-state index contributed by atoms with van der Waals surface area (Å²) in [4.78, 5) is 33.7. The Bertz CT molecular complexity index is 863. The van der Waals surface area contributed by atoms with Crippen LogP contribution in [-0.4, -0.2) is 92.1 Å². The van der Waals surface area contributed by atoms with E-state index < -0.39 is 0 Å². The molecule has 32 heavy (non-hydrogen) atoms. The standard InChI is InChI=1S/C25H32N4O3/c30-24(28-15-17-32-18-16-28)20-26-11-13-27(14-12-26)25(31)21-29(23-9-5-2-6-10-23)19-22-7-3-1-4-8-22/h1-10H,11-21H2. The molecule has 2 saturated heterocycles. The van der Waals surface area contributed by atoms with Crippen LogP contribution in [0.5, 0.6) is 0 Å². The maximum absolute atomic E-state index is 13.1. The molecular weight excluding hydrogens is 404 g/mol. The Morgan fingerprint density at radius 3 is 2.00 bits per heavy atom. The molecule has 2 fully saturated rings. The minimum Gasteiger partial charge on any atom is -0.378 e. The summed E-state index contributed by atoms with van der Waals surface area (Å²) in [7, 11) is 0. The lowest BCUT2D eigenvalue weighted by Crippen LogP contribution is -2.54. The van der Waals surface area contributed by atoms with Gasteiger partial charge in [-0.1, -0.05) is 48.5 Å². The fourth-order valence-electron chi connectivity index (χ4n) is 4.20. The van der Waals surface area contributed by atoms with Crippen molar-refractivity contribution in [1.29, 1.82) is 0 Å². The summed E-state index contributed by atoms with van der Waals surface area (Å²) in [6.07, 6.45) is 0. The van der Waals surface area contributed by atoms with Crippen molar-refractivity contribution >= 4 is 17.5 Å². The van der Waals surface area contributed by atoms with E-state index in [9.17, 15) is 9.59 Å². The Labute approximate surface area is 190 Å². The molecule has 2 aromatic rings. The third-order valence-corrected chi connectivity index (χ3v) is 6.11. The monoisotopic (exact) mass is 436 g/mol. The fraction of sp³-hybridized carbons (Fsp3) is 0.440. The number of hydrogen-bond donors (Lipinski definition) is 0. The summed E-state index contributed by atoms with van der Waals surface area (Å²) < 4.78 is 5.33. The Morgan fingerprint density at radius 2 is 1.34 bits per heavy atom. The van der Waals surface area contributed by atoms with Crippen molar-refractivity contribution in [1.82, 2.24) is 14.7 Å². The van der Waals surface area contributed by atoms with Crippen molar-refractivity contribution in [2.75, 3.05) is 70.5 Å². The van der Waals surface area contributed by atoms with Crippen molar-refractivity contribution in [2.45, 2.75) is 6.54 Å². The van der Waals surface area contributed by atoms with E-state index in [1.165, 1.54) is 5.56 Å². The van der Waals surface area contributed by atoms with E-state index in [4.69, 9.17) is 4.74 Å². The summed E-state index contributed by atoms with van der Waals surface area (Å²) in [5, 5.41) is 0. The molecule has 2 aliphatic heterocycles. The summed E-state index contributed by atoms with van der Waals surface area (Å²) >= 11 is 0. The van der Waals surface area contributed by atoms with Gasteiger partial charge in [-0.05, 0) is 17.7 Å². The van der Waals surface area contributed by atoms with Gasteiger partial charge in [0.25, 0.3) is 0 Å². The number of rotatable bonds is 7. The lowest BCUT2D eigenvalue weighted by Gasteiger charge is -2.37. The number of hydrogen-bond acceptors (Lipinski definition) is 5. The molecule has 0 saturated carbocycles. The molecule has 7 nitrogen and oxygen atoms in total. The highest BCUT2D eigenvalue weighted by atomic mass is 16.5. The van der Waals surface area contributed by atoms with E-state index in [-0.39, 0.29) is 11.8 Å². The smallest absolute Gasteiger partial charge is 0.242 e. The number of ether oxygens (including phenoxy) is 1. The molecule has 0 bridgehead atoms. The Morgan fingerprint density at radius 1 is 0.750 bits per heavy atom. The first-order valence-electron chi connectivity index (χ1n) is 11.4. The quantitative estimate of drug-likeness (QED) is 0.661. The molecule has 170 valence electrons. The van der Waals surface area contributed by atoms with Crippen LogP contribution in [0.25, 0.3) is 0 Å². The number of amides is 2. The van der Waals surface area contributed by atoms with Crippen LogP contribution in [0.1, 0.15) is 5.56 Å². The van der Waals surface area contributed by atoms with Crippen molar-refractivity contribution in [3.05, 3.63) is 66.2 Å². The maximum Gasteiger partial charge on any atom is 0.242 e. The van der Waals surface area contributed by atoms with Gasteiger partial charge in [0.05, 0.1) is 26.3 Å². The molecule has 2 amide bonds. The number of carbonyl (C=O) groups excluding carboxylic acids is 2. The highest BCUT2D eigenvalue weighted by molar-refractivity contribution is 5.82. The minimum atomic E-state index is 0.129. The maximum atomic E-state index is 13.1. The SMILES string of the molecule is O=C(CN1CCN(C(=O)CN(Cc2ccccc2)c2ccccc2)CC1)N1CCOCC1. The van der Waals surface area contributed by atoms with Gasteiger partial charge in [0.15, 0.2) is 0 Å². The van der Waals surface area contributed by atoms with Gasteiger partial charge in [-0.3, -0.25) is 14.5 Å². The molecule has 0 aliphatic carbocycles. The van der Waals surface area contributed by atoms with Crippen LogP contribution in [0.3, 0.4) is 0 Å². The first-order valence-corrected chi connectivity index (χ1v) is 11.4. The zero-order valence-corrected chi connectivity index (χ0v) is 18.6. The zero-order chi connectivity index (χ0) is 22.2. The first-order chi connectivity index (χ1) is 15.7. The molecule has 7 heteroatoms. The molecule has 0 N–H and O–H groups in total. The average molecular weight is 437 g/mol. The van der Waals surface area contributed by atoms with Crippen LogP contribution in [-0.2, 0) is 20.9 Å². The van der Waals surface area contributed by atoms with E-state index in [1.807, 2.05) is 58.3 Å². The lowest BCUT2D eigenvalue weighted by atomic mass is 10.2. The van der Waals surface area contributed by atoms with Crippen LogP contribution in [0.15, 0.2) is 60.7 Å². The molecule has 0 radical (unpaired) electrons. The zero-order valence-electron chi connectivity index (χ0n) is 18.6. The van der Waals surface area contributed by atoms with Crippen LogP contribution in [0.4, 0.5) is 5.69 Å². The Balaban J connectivity index is 1.30. The normalized spacial score (nSPS) is 17.2. The summed E-state index contributed by atoms with van der Waals surface area (Å²) in [5.41, 5.74) is 2.22. The number of nitrogens with zero attached hydrogens (tertiary/aromatic N) is 4. The molecule has 2 aliphatic rings. The fourth-order valence-corrected chi connectivity index (χ4v) is 4.20. The summed E-state index contributed by atoms with van der Waals surface area (Å²) in [5.74, 6) is 0.287. The second kappa shape index (κ2) is 11.1. The Hall–Kier alpha value is -2.90. The largest absolute Gasteiger partial charge is 0.378 e. The number of anilines is 1. The second-order valence-corrected chi connectivity index (χ2v) is 8.33. The van der Waals surface area contributed by atoms with E-state index in [1.54, 1.807) is 0 Å². The van der Waals surface area contributed by atoms with Gasteiger partial charge in [-0.2, -0.15) is 0 Å². The van der Waals surface area contributed by atoms with E-state index >= 15 is 0 Å². The van der Waals surface area contributed by atoms with Gasteiger partial charge in [0.2, 0.25) is 11.8 Å². The van der Waals surface area contributed by atoms with Gasteiger partial charge >= 0.3 is 0 Å². The Kier molecular flexibility index (Phi) is 7.74. The number of para-hydroxylation sites is 1. The van der Waals surface area contributed by atoms with Crippen molar-refractivity contribution in [3.8, 4) is 0 Å². The molecule has 0 aromatic heterocycles. The van der Waals surface area contributed by atoms with Crippen molar-refractivity contribution in [3.63, 3.8) is 0 Å². The topological polar surface area (TPSA) is 56.3 Å². The lowest BCUT2D eigenvalue weighted by molar-refractivity contribution is -0.137. The molecule has 0 unspecified atom stereocenters. The predicted octanol–water partition coefficient (Wildman–Crippen LogP) is 1.70. The number of benzene rings is 2. The molecule has 0 spiro atoms. The summed E-state index contributed by atoms with van der Waals surface area (Å²) in [6.45, 7) is 6.80. The molecule has 4 rings (SSSR count). The number of piperazine rings is 1. The van der Waals surface area contributed by atoms with Gasteiger partial charge < -0.3 is 19.4 Å². The minimum absolute atomic E-state index is 0.129. The van der Waals surface area contributed by atoms with E-state index in [0.717, 1.165) is 18.8 Å². The van der Waals surface area contributed by atoms with Gasteiger partial charge in [0, 0.05) is 51.5 Å². The van der Waals surface area contributed by atoms with Crippen molar-refractivity contribution in [2.24, 2.45) is 0 Å². The van der Waals surface area contributed by atoms with Crippen LogP contribution >= 0.6 is 0 Å². The molecule has 2 heterocycles.